The highest BCUT2D eigenvalue weighted by atomic mass is 15.2. The highest BCUT2D eigenvalue weighted by molar-refractivity contribution is 5.79. The van der Waals surface area contributed by atoms with Gasteiger partial charge < -0.3 is 15.2 Å². The molecule has 3 heterocycles. The molecule has 8 heteroatoms. The minimum Gasteiger partial charge on any atom is -0.357 e. The first-order chi connectivity index (χ1) is 15.7. The fourth-order valence-electron chi connectivity index (χ4n) is 3.71. The highest BCUT2D eigenvalue weighted by Crippen LogP contribution is 2.15. The highest BCUT2D eigenvalue weighted by Gasteiger charge is 2.06. The molecule has 0 aliphatic rings. The zero-order chi connectivity index (χ0) is 22.3. The lowest BCUT2D eigenvalue weighted by Gasteiger charge is -2.12. The molecule has 0 amide bonds. The zero-order valence-electron chi connectivity index (χ0n) is 18.9. The molecule has 3 aromatic heterocycles. The number of aromatic nitrogens is 5. The van der Waals surface area contributed by atoms with E-state index in [-0.39, 0.29) is 0 Å². The number of hydrogen-bond donors (Lipinski definition) is 2. The Kier molecular flexibility index (Phi) is 6.79. The van der Waals surface area contributed by atoms with Crippen molar-refractivity contribution in [3.05, 3.63) is 72.2 Å². The first-order valence-electron chi connectivity index (χ1n) is 11.0. The Labute approximate surface area is 188 Å². The Morgan fingerprint density at radius 1 is 1.03 bits per heavy atom. The number of aliphatic imine (C=N–C) groups is 1. The van der Waals surface area contributed by atoms with Gasteiger partial charge >= 0.3 is 0 Å². The molecule has 0 spiro atoms. The molecule has 32 heavy (non-hydrogen) atoms. The van der Waals surface area contributed by atoms with Gasteiger partial charge in [-0.2, -0.15) is 0 Å². The SMILES string of the molecule is CCNC(=NCc1ccc(-n2ccnc2C)nc1)NCCCn1c(C)nc2ccccc21. The Balaban J connectivity index is 1.32. The molecule has 0 fully saturated rings. The number of imidazole rings is 2. The Morgan fingerprint density at radius 3 is 2.66 bits per heavy atom. The Bertz CT molecular complexity index is 1190. The first-order valence-corrected chi connectivity index (χ1v) is 11.0. The lowest BCUT2D eigenvalue weighted by Crippen LogP contribution is -2.38. The van der Waals surface area contributed by atoms with Crippen molar-refractivity contribution in [2.24, 2.45) is 4.99 Å². The van der Waals surface area contributed by atoms with Crippen LogP contribution in [0.1, 0.15) is 30.6 Å². The number of rotatable bonds is 8. The standard InChI is InChI=1S/C24H30N8/c1-4-25-24(27-12-7-14-31-19(3)30-21-8-5-6-9-22(21)31)29-17-20-10-11-23(28-16-20)32-15-13-26-18(32)2/h5-6,8-11,13,15-16H,4,7,12,14,17H2,1-3H3,(H2,25,27,29). The molecule has 1 aromatic carbocycles. The minimum absolute atomic E-state index is 0.566. The van der Waals surface area contributed by atoms with E-state index in [0.29, 0.717) is 6.54 Å². The van der Waals surface area contributed by atoms with E-state index in [1.807, 2.05) is 36.0 Å². The molecule has 166 valence electrons. The molecule has 2 N–H and O–H groups in total. The predicted molar refractivity (Wildman–Crippen MR) is 128 cm³/mol. The second kappa shape index (κ2) is 10.1. The van der Waals surface area contributed by atoms with Gasteiger partial charge in [0, 0.05) is 38.2 Å². The second-order valence-electron chi connectivity index (χ2n) is 7.64. The van der Waals surface area contributed by atoms with Crippen molar-refractivity contribution in [3.8, 4) is 5.82 Å². The molecule has 0 saturated heterocycles. The third kappa shape index (κ3) is 4.96. The number of hydrogen-bond acceptors (Lipinski definition) is 4. The number of nitrogens with one attached hydrogen (secondary N) is 2. The van der Waals surface area contributed by atoms with E-state index in [1.54, 1.807) is 6.20 Å². The Hall–Kier alpha value is -3.68. The number of para-hydroxylation sites is 2. The van der Waals surface area contributed by atoms with Gasteiger partial charge in [-0.25, -0.2) is 19.9 Å². The zero-order valence-corrected chi connectivity index (χ0v) is 18.9. The van der Waals surface area contributed by atoms with Gasteiger partial charge in [0.15, 0.2) is 5.96 Å². The molecule has 0 aliphatic carbocycles. The van der Waals surface area contributed by atoms with Gasteiger partial charge in [0.1, 0.15) is 17.5 Å². The number of aryl methyl sites for hydroxylation is 3. The third-order valence-electron chi connectivity index (χ3n) is 5.34. The van der Waals surface area contributed by atoms with Crippen molar-refractivity contribution in [1.29, 1.82) is 0 Å². The largest absolute Gasteiger partial charge is 0.357 e. The molecule has 0 bridgehead atoms. The van der Waals surface area contributed by atoms with E-state index in [2.05, 4.69) is 68.3 Å². The minimum atomic E-state index is 0.566. The van der Waals surface area contributed by atoms with E-state index in [9.17, 15) is 0 Å². The summed E-state index contributed by atoms with van der Waals surface area (Å²) in [6.45, 7) is 9.22. The maximum atomic E-state index is 4.71. The summed E-state index contributed by atoms with van der Waals surface area (Å²) < 4.78 is 4.24. The van der Waals surface area contributed by atoms with Crippen molar-refractivity contribution in [2.45, 2.75) is 40.3 Å². The number of guanidine groups is 1. The average Bonchev–Trinajstić information content (AvgIpc) is 3.37. The summed E-state index contributed by atoms with van der Waals surface area (Å²) in [4.78, 5) is 18.1. The fraction of sp³-hybridized carbons (Fsp3) is 0.333. The van der Waals surface area contributed by atoms with Gasteiger partial charge in [-0.3, -0.25) is 4.57 Å². The predicted octanol–water partition coefficient (Wildman–Crippen LogP) is 3.38. The van der Waals surface area contributed by atoms with Crippen LogP contribution in [0.3, 0.4) is 0 Å². The number of fused-ring (bicyclic) bond motifs is 1. The van der Waals surface area contributed by atoms with Crippen LogP contribution in [0.5, 0.6) is 0 Å². The van der Waals surface area contributed by atoms with Gasteiger partial charge in [-0.05, 0) is 51.0 Å². The number of nitrogens with zero attached hydrogens (tertiary/aromatic N) is 6. The van der Waals surface area contributed by atoms with Gasteiger partial charge in [0.25, 0.3) is 0 Å². The summed E-state index contributed by atoms with van der Waals surface area (Å²) in [7, 11) is 0. The van der Waals surface area contributed by atoms with Crippen molar-refractivity contribution < 1.29 is 0 Å². The smallest absolute Gasteiger partial charge is 0.191 e. The second-order valence-corrected chi connectivity index (χ2v) is 7.64. The van der Waals surface area contributed by atoms with Crippen molar-refractivity contribution >= 4 is 17.0 Å². The van der Waals surface area contributed by atoms with Gasteiger partial charge in [0.05, 0.1) is 17.6 Å². The molecule has 0 aliphatic heterocycles. The summed E-state index contributed by atoms with van der Waals surface area (Å²) in [6, 6.07) is 12.3. The quantitative estimate of drug-likeness (QED) is 0.254. The van der Waals surface area contributed by atoms with Crippen LogP contribution in [-0.2, 0) is 13.1 Å². The van der Waals surface area contributed by atoms with Crippen molar-refractivity contribution in [2.75, 3.05) is 13.1 Å². The summed E-state index contributed by atoms with van der Waals surface area (Å²) >= 11 is 0. The number of pyridine rings is 1. The molecule has 8 nitrogen and oxygen atoms in total. The van der Waals surface area contributed by atoms with Gasteiger partial charge in [0.2, 0.25) is 0 Å². The lowest BCUT2D eigenvalue weighted by molar-refractivity contribution is 0.624. The van der Waals surface area contributed by atoms with Crippen molar-refractivity contribution in [1.82, 2.24) is 34.7 Å². The summed E-state index contributed by atoms with van der Waals surface area (Å²) in [6.07, 6.45) is 6.54. The molecular weight excluding hydrogens is 400 g/mol. The molecule has 4 aromatic rings. The van der Waals surface area contributed by atoms with Crippen LogP contribution in [0.25, 0.3) is 16.9 Å². The van der Waals surface area contributed by atoms with Crippen LogP contribution in [0.2, 0.25) is 0 Å². The van der Waals surface area contributed by atoms with Crippen LogP contribution in [-0.4, -0.2) is 43.1 Å². The molecule has 0 radical (unpaired) electrons. The summed E-state index contributed by atoms with van der Waals surface area (Å²) in [5.41, 5.74) is 3.30. The fourth-order valence-corrected chi connectivity index (χ4v) is 3.71. The molecular formula is C24H30N8. The summed E-state index contributed by atoms with van der Waals surface area (Å²) in [5, 5.41) is 6.75. The van der Waals surface area contributed by atoms with Crippen LogP contribution >= 0.6 is 0 Å². The lowest BCUT2D eigenvalue weighted by atomic mass is 10.3. The maximum absolute atomic E-state index is 4.71. The van der Waals surface area contributed by atoms with Crippen LogP contribution in [0, 0.1) is 13.8 Å². The molecule has 4 rings (SSSR count). The normalized spacial score (nSPS) is 11.8. The van der Waals surface area contributed by atoms with Crippen LogP contribution in [0.4, 0.5) is 0 Å². The van der Waals surface area contributed by atoms with Crippen LogP contribution in [0.15, 0.2) is 60.0 Å². The topological polar surface area (TPSA) is 85.0 Å². The Morgan fingerprint density at radius 2 is 1.91 bits per heavy atom. The van der Waals surface area contributed by atoms with E-state index < -0.39 is 0 Å². The van der Waals surface area contributed by atoms with Crippen LogP contribution < -0.4 is 10.6 Å². The summed E-state index contributed by atoms with van der Waals surface area (Å²) in [5.74, 6) is 3.64. The maximum Gasteiger partial charge on any atom is 0.191 e. The van der Waals surface area contributed by atoms with E-state index >= 15 is 0 Å². The van der Waals surface area contributed by atoms with Gasteiger partial charge in [-0.15, -0.1) is 0 Å². The molecule has 0 atom stereocenters. The molecule has 0 unspecified atom stereocenters. The molecule has 0 saturated carbocycles. The average molecular weight is 431 g/mol. The van der Waals surface area contributed by atoms with E-state index in [0.717, 1.165) is 60.6 Å². The van der Waals surface area contributed by atoms with E-state index in [4.69, 9.17) is 4.99 Å². The number of benzene rings is 1. The third-order valence-corrected chi connectivity index (χ3v) is 5.34. The van der Waals surface area contributed by atoms with Gasteiger partial charge in [-0.1, -0.05) is 18.2 Å². The monoisotopic (exact) mass is 430 g/mol. The van der Waals surface area contributed by atoms with E-state index in [1.165, 1.54) is 5.52 Å². The first kappa shape index (κ1) is 21.5. The van der Waals surface area contributed by atoms with Crippen molar-refractivity contribution in [3.63, 3.8) is 0 Å².